The zero-order valence-corrected chi connectivity index (χ0v) is 16.4. The lowest BCUT2D eigenvalue weighted by Crippen LogP contribution is -2.47. The van der Waals surface area contributed by atoms with Crippen LogP contribution in [0.4, 0.5) is 18.9 Å². The van der Waals surface area contributed by atoms with Gasteiger partial charge in [0.15, 0.2) is 0 Å². The molecule has 1 unspecified atom stereocenters. The predicted octanol–water partition coefficient (Wildman–Crippen LogP) is 1.11. The Morgan fingerprint density at radius 2 is 1.90 bits per heavy atom. The van der Waals surface area contributed by atoms with Gasteiger partial charge < -0.3 is 10.1 Å². The number of hydrogen-bond donors (Lipinski definition) is 2. The molecule has 0 radical (unpaired) electrons. The maximum absolute atomic E-state index is 12.1. The van der Waals surface area contributed by atoms with Crippen molar-refractivity contribution >= 4 is 29.4 Å². The van der Waals surface area contributed by atoms with E-state index in [-0.39, 0.29) is 24.2 Å². The van der Waals surface area contributed by atoms with Gasteiger partial charge in [-0.3, -0.25) is 29.6 Å². The van der Waals surface area contributed by atoms with E-state index >= 15 is 0 Å². The summed E-state index contributed by atoms with van der Waals surface area (Å²) in [5.74, 6) is -4.30. The fourth-order valence-corrected chi connectivity index (χ4v) is 3.53. The molecule has 0 aliphatic carbocycles. The molecule has 168 valence electrons. The fourth-order valence-electron chi connectivity index (χ4n) is 3.53. The molecule has 31 heavy (non-hydrogen) atoms. The molecule has 0 bridgehead atoms. The Kier molecular flexibility index (Phi) is 6.88. The lowest BCUT2D eigenvalue weighted by Gasteiger charge is -2.30. The highest BCUT2D eigenvalue weighted by atomic mass is 19.4. The number of esters is 2. The van der Waals surface area contributed by atoms with Crippen LogP contribution in [-0.4, -0.2) is 65.5 Å². The lowest BCUT2D eigenvalue weighted by atomic mass is 9.93. The van der Waals surface area contributed by atoms with E-state index in [1.54, 1.807) is 17.2 Å². The number of amides is 2. The number of imide groups is 1. The van der Waals surface area contributed by atoms with E-state index in [4.69, 9.17) is 0 Å². The Morgan fingerprint density at radius 1 is 1.19 bits per heavy atom. The molecule has 9 nitrogen and oxygen atoms in total. The molecule has 1 atom stereocenters. The highest BCUT2D eigenvalue weighted by molar-refractivity contribution is 6.01. The maximum atomic E-state index is 12.1. The van der Waals surface area contributed by atoms with Crippen LogP contribution in [0.1, 0.15) is 37.3 Å². The third-order valence-corrected chi connectivity index (χ3v) is 5.16. The SMILES string of the molecule is O=C1CCC(Nc2ccc(C3CCN(CC(=O)OC(=O)C(F)(F)F)CC3)nc2)C(=O)N1. The molecular weight excluding hydrogens is 421 g/mol. The minimum Gasteiger partial charge on any atom is -0.385 e. The van der Waals surface area contributed by atoms with Crippen LogP contribution < -0.4 is 10.6 Å². The molecule has 1 aromatic heterocycles. The zero-order chi connectivity index (χ0) is 22.6. The maximum Gasteiger partial charge on any atom is 0.491 e. The topological polar surface area (TPSA) is 118 Å². The van der Waals surface area contributed by atoms with E-state index in [2.05, 4.69) is 20.4 Å². The van der Waals surface area contributed by atoms with Crippen molar-refractivity contribution in [3.8, 4) is 0 Å². The van der Waals surface area contributed by atoms with Crippen LogP contribution in [0.2, 0.25) is 0 Å². The first kappa shape index (κ1) is 22.7. The largest absolute Gasteiger partial charge is 0.491 e. The molecule has 3 heterocycles. The van der Waals surface area contributed by atoms with Crippen LogP contribution in [0.5, 0.6) is 0 Å². The molecule has 2 amide bonds. The summed E-state index contributed by atoms with van der Waals surface area (Å²) in [5.41, 5.74) is 1.47. The minimum absolute atomic E-state index is 0.105. The third-order valence-electron chi connectivity index (χ3n) is 5.16. The van der Waals surface area contributed by atoms with Crippen LogP contribution in [0.15, 0.2) is 18.3 Å². The van der Waals surface area contributed by atoms with Gasteiger partial charge in [0, 0.05) is 18.0 Å². The van der Waals surface area contributed by atoms with Gasteiger partial charge in [-0.05, 0) is 44.5 Å². The summed E-state index contributed by atoms with van der Waals surface area (Å²) in [4.78, 5) is 51.3. The molecule has 3 rings (SSSR count). The van der Waals surface area contributed by atoms with Crippen LogP contribution in [0.3, 0.4) is 0 Å². The first-order valence-corrected chi connectivity index (χ1v) is 9.72. The van der Waals surface area contributed by atoms with Crippen LogP contribution in [0.25, 0.3) is 0 Å². The van der Waals surface area contributed by atoms with Crippen LogP contribution in [0, 0.1) is 0 Å². The highest BCUT2D eigenvalue weighted by Crippen LogP contribution is 2.27. The van der Waals surface area contributed by atoms with Crippen molar-refractivity contribution in [2.45, 2.75) is 43.8 Å². The van der Waals surface area contributed by atoms with Crippen molar-refractivity contribution in [1.82, 2.24) is 15.2 Å². The summed E-state index contributed by atoms with van der Waals surface area (Å²) >= 11 is 0. The van der Waals surface area contributed by atoms with Gasteiger partial charge >= 0.3 is 18.1 Å². The predicted molar refractivity (Wildman–Crippen MR) is 99.6 cm³/mol. The van der Waals surface area contributed by atoms with Crippen molar-refractivity contribution in [2.75, 3.05) is 25.0 Å². The first-order chi connectivity index (χ1) is 14.6. The molecule has 1 aromatic rings. The van der Waals surface area contributed by atoms with Gasteiger partial charge in [0.2, 0.25) is 11.8 Å². The van der Waals surface area contributed by atoms with E-state index in [0.717, 1.165) is 5.69 Å². The Balaban J connectivity index is 1.45. The molecular formula is C19H21F3N4O5. The number of carbonyl (C=O) groups is 4. The van der Waals surface area contributed by atoms with Gasteiger partial charge in [0.1, 0.15) is 6.04 Å². The smallest absolute Gasteiger partial charge is 0.385 e. The second-order valence-corrected chi connectivity index (χ2v) is 7.43. The quantitative estimate of drug-likeness (QED) is 0.396. The van der Waals surface area contributed by atoms with E-state index in [1.807, 2.05) is 6.07 Å². The summed E-state index contributed by atoms with van der Waals surface area (Å²) < 4.78 is 40.2. The summed E-state index contributed by atoms with van der Waals surface area (Å²) in [6.45, 7) is 0.493. The van der Waals surface area contributed by atoms with E-state index in [1.165, 1.54) is 0 Å². The number of halogens is 3. The number of alkyl halides is 3. The normalized spacial score (nSPS) is 20.8. The number of carbonyl (C=O) groups excluding carboxylic acids is 4. The van der Waals surface area contributed by atoms with E-state index in [0.29, 0.717) is 38.0 Å². The minimum atomic E-state index is -5.20. The highest BCUT2D eigenvalue weighted by Gasteiger charge is 2.42. The Labute approximate surface area is 175 Å². The average Bonchev–Trinajstić information content (AvgIpc) is 2.70. The van der Waals surface area contributed by atoms with Gasteiger partial charge in [-0.25, -0.2) is 4.79 Å². The van der Waals surface area contributed by atoms with Gasteiger partial charge in [-0.1, -0.05) is 0 Å². The number of hydrogen-bond acceptors (Lipinski definition) is 8. The van der Waals surface area contributed by atoms with Crippen molar-refractivity contribution in [1.29, 1.82) is 0 Å². The van der Waals surface area contributed by atoms with Gasteiger partial charge in [0.05, 0.1) is 18.4 Å². The summed E-state index contributed by atoms with van der Waals surface area (Å²) in [6.07, 6.45) is -1.66. The fraction of sp³-hybridized carbons (Fsp3) is 0.526. The van der Waals surface area contributed by atoms with Crippen molar-refractivity contribution in [3.63, 3.8) is 0 Å². The molecule has 12 heteroatoms. The monoisotopic (exact) mass is 442 g/mol. The number of anilines is 1. The van der Waals surface area contributed by atoms with Gasteiger partial charge in [-0.2, -0.15) is 13.2 Å². The molecule has 2 saturated heterocycles. The van der Waals surface area contributed by atoms with Gasteiger partial charge in [-0.15, -0.1) is 0 Å². The molecule has 2 aliphatic rings. The van der Waals surface area contributed by atoms with Crippen LogP contribution in [-0.2, 0) is 23.9 Å². The number of piperidine rings is 2. The number of nitrogens with one attached hydrogen (secondary N) is 2. The Hall–Kier alpha value is -3.02. The molecule has 2 fully saturated rings. The molecule has 2 N–H and O–H groups in total. The Morgan fingerprint density at radius 3 is 2.48 bits per heavy atom. The summed E-state index contributed by atoms with van der Waals surface area (Å²) in [7, 11) is 0. The summed E-state index contributed by atoms with van der Waals surface area (Å²) in [6, 6.07) is 3.11. The average molecular weight is 442 g/mol. The lowest BCUT2D eigenvalue weighted by molar-refractivity contribution is -0.202. The van der Waals surface area contributed by atoms with Crippen molar-refractivity contribution < 1.29 is 37.1 Å². The standard InChI is InChI=1S/C19H21F3N4O5/c20-19(21,22)18(30)31-16(28)10-26-7-5-11(6-8-26)13-2-1-12(9-23-13)24-14-3-4-15(27)25-17(14)29/h1-2,9,11,14,24H,3-8,10H2,(H,25,27,29). The number of likely N-dealkylation sites (tertiary alicyclic amines) is 1. The van der Waals surface area contributed by atoms with Crippen molar-refractivity contribution in [2.24, 2.45) is 0 Å². The molecule has 0 spiro atoms. The van der Waals surface area contributed by atoms with E-state index < -0.39 is 30.7 Å². The summed E-state index contributed by atoms with van der Waals surface area (Å²) in [5, 5.41) is 5.32. The zero-order valence-electron chi connectivity index (χ0n) is 16.4. The number of nitrogens with zero attached hydrogens (tertiary/aromatic N) is 2. The first-order valence-electron chi connectivity index (χ1n) is 9.72. The number of ether oxygens (including phenoxy) is 1. The number of aromatic nitrogens is 1. The van der Waals surface area contributed by atoms with Crippen LogP contribution >= 0.6 is 0 Å². The molecule has 0 saturated carbocycles. The number of rotatable bonds is 5. The number of pyridine rings is 1. The van der Waals surface area contributed by atoms with Gasteiger partial charge in [0.25, 0.3) is 0 Å². The van der Waals surface area contributed by atoms with Crippen molar-refractivity contribution in [3.05, 3.63) is 24.0 Å². The molecule has 0 aromatic carbocycles. The Bertz CT molecular complexity index is 851. The van der Waals surface area contributed by atoms with E-state index in [9.17, 15) is 32.3 Å². The third kappa shape index (κ3) is 6.23. The molecule has 2 aliphatic heterocycles. The second kappa shape index (κ2) is 9.41. The second-order valence-electron chi connectivity index (χ2n) is 7.43.